The molecule has 3 rings (SSSR count). The summed E-state index contributed by atoms with van der Waals surface area (Å²) >= 11 is 0. The number of primary sulfonamides is 1. The molecule has 0 atom stereocenters. The monoisotopic (exact) mass is 503 g/mol. The van der Waals surface area contributed by atoms with Gasteiger partial charge < -0.3 is 10.1 Å². The number of hydrogen-bond donors (Lipinski definition) is 3. The smallest absolute Gasteiger partial charge is 0.261 e. The summed E-state index contributed by atoms with van der Waals surface area (Å²) in [4.78, 5) is 12.1. The number of nitrogens with two attached hydrogens (primary N) is 1. The molecule has 180 valence electrons. The second-order valence-corrected chi connectivity index (χ2v) is 10.9. The Morgan fingerprint density at radius 2 is 1.47 bits per heavy atom. The van der Waals surface area contributed by atoms with Gasteiger partial charge in [-0.3, -0.25) is 9.52 Å². The average molecular weight is 504 g/mol. The molecular formula is C23H25N3O6S2. The molecule has 0 radical (unpaired) electrons. The third-order valence-electron chi connectivity index (χ3n) is 5.00. The molecule has 11 heteroatoms. The molecule has 0 bridgehead atoms. The van der Waals surface area contributed by atoms with E-state index >= 15 is 0 Å². The van der Waals surface area contributed by atoms with Crippen LogP contribution in [-0.4, -0.2) is 29.3 Å². The average Bonchev–Trinajstić information content (AvgIpc) is 2.78. The summed E-state index contributed by atoms with van der Waals surface area (Å²) in [6.07, 6.45) is 0. The topological polar surface area (TPSA) is 145 Å². The highest BCUT2D eigenvalue weighted by Crippen LogP contribution is 2.21. The second-order valence-electron chi connectivity index (χ2n) is 7.63. The van der Waals surface area contributed by atoms with Crippen molar-refractivity contribution < 1.29 is 26.4 Å². The molecule has 0 spiro atoms. The molecule has 3 aromatic carbocycles. The Balaban J connectivity index is 1.52. The first-order valence-corrected chi connectivity index (χ1v) is 13.2. The van der Waals surface area contributed by atoms with Gasteiger partial charge in [-0.25, -0.2) is 22.0 Å². The van der Waals surface area contributed by atoms with Crippen molar-refractivity contribution in [2.24, 2.45) is 5.14 Å². The maximum Gasteiger partial charge on any atom is 0.261 e. The van der Waals surface area contributed by atoms with E-state index in [0.717, 1.165) is 11.1 Å². The molecule has 0 aliphatic rings. The van der Waals surface area contributed by atoms with Crippen LogP contribution in [0.4, 0.5) is 5.69 Å². The number of carbonyl (C=O) groups is 1. The molecule has 4 N–H and O–H groups in total. The summed E-state index contributed by atoms with van der Waals surface area (Å²) in [6.45, 7) is 3.75. The van der Waals surface area contributed by atoms with E-state index in [2.05, 4.69) is 10.0 Å². The predicted molar refractivity (Wildman–Crippen MR) is 128 cm³/mol. The molecule has 0 aromatic heterocycles. The van der Waals surface area contributed by atoms with Crippen LogP contribution in [0.1, 0.15) is 16.7 Å². The summed E-state index contributed by atoms with van der Waals surface area (Å²) in [5, 5.41) is 7.70. The fourth-order valence-corrected chi connectivity index (χ4v) is 4.50. The Labute approximate surface area is 199 Å². The van der Waals surface area contributed by atoms with Crippen molar-refractivity contribution in [3.63, 3.8) is 0 Å². The van der Waals surface area contributed by atoms with Gasteiger partial charge in [-0.1, -0.05) is 18.2 Å². The Bertz CT molecular complexity index is 1390. The lowest BCUT2D eigenvalue weighted by Gasteiger charge is -2.11. The zero-order valence-corrected chi connectivity index (χ0v) is 20.2. The first kappa shape index (κ1) is 25.2. The zero-order chi connectivity index (χ0) is 24.9. The SMILES string of the molecule is Cc1ccc(NS(=O)(=O)c2ccc(OCC(=O)NCc3ccc(S(N)(=O)=O)cc3)cc2)cc1C. The molecule has 0 aliphatic carbocycles. The largest absolute Gasteiger partial charge is 0.484 e. The first-order chi connectivity index (χ1) is 15.9. The summed E-state index contributed by atoms with van der Waals surface area (Å²) in [6, 6.07) is 16.8. The second kappa shape index (κ2) is 10.2. The number of ether oxygens (including phenoxy) is 1. The van der Waals surface area contributed by atoms with Crippen molar-refractivity contribution in [3.8, 4) is 5.75 Å². The lowest BCUT2D eigenvalue weighted by Crippen LogP contribution is -2.28. The number of anilines is 1. The van der Waals surface area contributed by atoms with Crippen LogP contribution in [0.25, 0.3) is 0 Å². The number of amides is 1. The Morgan fingerprint density at radius 3 is 2.06 bits per heavy atom. The quantitative estimate of drug-likeness (QED) is 0.409. The van der Waals surface area contributed by atoms with E-state index in [1.807, 2.05) is 19.9 Å². The van der Waals surface area contributed by atoms with Gasteiger partial charge in [-0.05, 0) is 79.1 Å². The van der Waals surface area contributed by atoms with Gasteiger partial charge in [0.15, 0.2) is 6.61 Å². The number of nitrogens with one attached hydrogen (secondary N) is 2. The maximum absolute atomic E-state index is 12.6. The number of carbonyl (C=O) groups excluding carboxylic acids is 1. The third-order valence-corrected chi connectivity index (χ3v) is 7.33. The van der Waals surface area contributed by atoms with Crippen molar-refractivity contribution >= 4 is 31.6 Å². The van der Waals surface area contributed by atoms with Gasteiger partial charge in [0.2, 0.25) is 10.0 Å². The van der Waals surface area contributed by atoms with Crippen molar-refractivity contribution in [3.05, 3.63) is 83.4 Å². The van der Waals surface area contributed by atoms with Crippen LogP contribution in [0.15, 0.2) is 76.5 Å². The molecule has 0 heterocycles. The Morgan fingerprint density at radius 1 is 0.853 bits per heavy atom. The summed E-state index contributed by atoms with van der Waals surface area (Å²) < 4.78 is 55.7. The van der Waals surface area contributed by atoms with Crippen LogP contribution >= 0.6 is 0 Å². The van der Waals surface area contributed by atoms with Crippen LogP contribution < -0.4 is 19.9 Å². The van der Waals surface area contributed by atoms with E-state index in [1.165, 1.54) is 36.4 Å². The highest BCUT2D eigenvalue weighted by Gasteiger charge is 2.15. The molecule has 0 aliphatic heterocycles. The first-order valence-electron chi connectivity index (χ1n) is 10.2. The minimum Gasteiger partial charge on any atom is -0.484 e. The van der Waals surface area contributed by atoms with Gasteiger partial charge >= 0.3 is 0 Å². The molecule has 0 saturated carbocycles. The van der Waals surface area contributed by atoms with Gasteiger partial charge in [0.05, 0.1) is 9.79 Å². The number of sulfonamides is 2. The molecule has 0 saturated heterocycles. The lowest BCUT2D eigenvalue weighted by atomic mass is 10.1. The third kappa shape index (κ3) is 6.80. The van der Waals surface area contributed by atoms with E-state index in [4.69, 9.17) is 9.88 Å². The molecule has 9 nitrogen and oxygen atoms in total. The van der Waals surface area contributed by atoms with Gasteiger partial charge in [-0.15, -0.1) is 0 Å². The van der Waals surface area contributed by atoms with Crippen LogP contribution in [-0.2, 0) is 31.4 Å². The van der Waals surface area contributed by atoms with Gasteiger partial charge in [-0.2, -0.15) is 0 Å². The number of hydrogen-bond acceptors (Lipinski definition) is 6. The molecule has 34 heavy (non-hydrogen) atoms. The van der Waals surface area contributed by atoms with E-state index in [0.29, 0.717) is 17.0 Å². The van der Waals surface area contributed by atoms with Crippen LogP contribution in [0.3, 0.4) is 0 Å². The molecule has 1 amide bonds. The van der Waals surface area contributed by atoms with E-state index in [9.17, 15) is 21.6 Å². The Hall–Kier alpha value is -3.41. The van der Waals surface area contributed by atoms with E-state index < -0.39 is 26.0 Å². The fraction of sp³-hybridized carbons (Fsp3) is 0.174. The number of benzene rings is 3. The molecule has 0 fully saturated rings. The van der Waals surface area contributed by atoms with Crippen LogP contribution in [0.5, 0.6) is 5.75 Å². The summed E-state index contributed by atoms with van der Waals surface area (Å²) in [5.41, 5.74) is 3.20. The highest BCUT2D eigenvalue weighted by atomic mass is 32.2. The number of aryl methyl sites for hydroxylation is 2. The van der Waals surface area contributed by atoms with Gasteiger partial charge in [0, 0.05) is 12.2 Å². The van der Waals surface area contributed by atoms with Gasteiger partial charge in [0.1, 0.15) is 5.75 Å². The van der Waals surface area contributed by atoms with E-state index in [-0.39, 0.29) is 22.9 Å². The molecular weight excluding hydrogens is 478 g/mol. The minimum absolute atomic E-state index is 0.0134. The van der Waals surface area contributed by atoms with Crippen molar-refractivity contribution in [2.75, 3.05) is 11.3 Å². The normalized spacial score (nSPS) is 11.6. The summed E-state index contributed by atoms with van der Waals surface area (Å²) in [7, 11) is -7.54. The van der Waals surface area contributed by atoms with Gasteiger partial charge in [0.25, 0.3) is 15.9 Å². The summed E-state index contributed by atoms with van der Waals surface area (Å²) in [5.74, 6) is -0.0681. The van der Waals surface area contributed by atoms with E-state index in [1.54, 1.807) is 24.3 Å². The lowest BCUT2D eigenvalue weighted by molar-refractivity contribution is -0.123. The number of rotatable bonds is 9. The predicted octanol–water partition coefficient (Wildman–Crippen LogP) is 2.45. The molecule has 0 unspecified atom stereocenters. The standard InChI is InChI=1S/C23H25N3O6S2/c1-16-3-6-19(13-17(16)2)26-34(30,31)22-11-7-20(8-12-22)32-15-23(27)25-14-18-4-9-21(10-5-18)33(24,28)29/h3-13,26H,14-15H2,1-2H3,(H,25,27)(H2,24,28,29). The maximum atomic E-state index is 12.6. The zero-order valence-electron chi connectivity index (χ0n) is 18.6. The van der Waals surface area contributed by atoms with Crippen molar-refractivity contribution in [1.29, 1.82) is 0 Å². The van der Waals surface area contributed by atoms with Crippen LogP contribution in [0, 0.1) is 13.8 Å². The van der Waals surface area contributed by atoms with Crippen LogP contribution in [0.2, 0.25) is 0 Å². The van der Waals surface area contributed by atoms with Crippen molar-refractivity contribution in [1.82, 2.24) is 5.32 Å². The fourth-order valence-electron chi connectivity index (χ4n) is 2.93. The van der Waals surface area contributed by atoms with Crippen molar-refractivity contribution in [2.45, 2.75) is 30.2 Å². The Kier molecular flexibility index (Phi) is 7.60. The molecule has 3 aromatic rings. The minimum atomic E-state index is -3.77. The highest BCUT2D eigenvalue weighted by molar-refractivity contribution is 7.92.